The fourth-order valence-corrected chi connectivity index (χ4v) is 3.48. The summed E-state index contributed by atoms with van der Waals surface area (Å²) in [4.78, 5) is 30.7. The number of pyridine rings is 1. The molecule has 5 nitrogen and oxygen atoms in total. The van der Waals surface area contributed by atoms with Gasteiger partial charge in [-0.25, -0.2) is 4.79 Å². The average Bonchev–Trinajstić information content (AvgIpc) is 2.66. The predicted molar refractivity (Wildman–Crippen MR) is 102 cm³/mol. The Labute approximate surface area is 147 Å². The molecule has 0 atom stereocenters. The van der Waals surface area contributed by atoms with Gasteiger partial charge in [0.05, 0.1) is 16.8 Å². The quantitative estimate of drug-likeness (QED) is 0.476. The standard InChI is InChI=1S/C21H13N3O2/c25-20-16-12-14-7-2-4-10-17(14)24(19(16)22-21(26)23-20)18-11-5-8-13-6-1-3-9-15(13)18/h1-12H,(H,23,25,26). The summed E-state index contributed by atoms with van der Waals surface area (Å²) in [6.45, 7) is 0. The van der Waals surface area contributed by atoms with E-state index < -0.39 is 11.2 Å². The smallest absolute Gasteiger partial charge is 0.293 e. The minimum Gasteiger partial charge on any atom is -0.293 e. The van der Waals surface area contributed by atoms with Gasteiger partial charge in [0.25, 0.3) is 5.56 Å². The van der Waals surface area contributed by atoms with Crippen molar-refractivity contribution in [2.24, 2.45) is 0 Å². The molecule has 0 aliphatic carbocycles. The third kappa shape index (κ3) is 2.07. The molecule has 2 aliphatic rings. The Hall–Kier alpha value is -3.73. The molecule has 0 saturated heterocycles. The number of hydrogen-bond donors (Lipinski definition) is 1. The number of fused-ring (bicyclic) bond motifs is 3. The van der Waals surface area contributed by atoms with Crippen LogP contribution in [-0.2, 0) is 0 Å². The van der Waals surface area contributed by atoms with Gasteiger partial charge in [0, 0.05) is 5.39 Å². The maximum absolute atomic E-state index is 12.4. The molecular weight excluding hydrogens is 326 g/mol. The minimum absolute atomic E-state index is 0.355. The van der Waals surface area contributed by atoms with Crippen LogP contribution in [0.5, 0.6) is 0 Å². The monoisotopic (exact) mass is 339 g/mol. The fourth-order valence-electron chi connectivity index (χ4n) is 3.48. The highest BCUT2D eigenvalue weighted by molar-refractivity contribution is 5.95. The van der Waals surface area contributed by atoms with E-state index in [1.807, 2.05) is 71.3 Å². The highest BCUT2D eigenvalue weighted by atomic mass is 16.2. The summed E-state index contributed by atoms with van der Waals surface area (Å²) in [5.74, 6) is 0.355. The van der Waals surface area contributed by atoms with Gasteiger partial charge in [-0.2, -0.15) is 4.98 Å². The van der Waals surface area contributed by atoms with Gasteiger partial charge in [-0.1, -0.05) is 54.6 Å². The van der Waals surface area contributed by atoms with Gasteiger partial charge in [0.15, 0.2) is 5.82 Å². The van der Waals surface area contributed by atoms with Crippen molar-refractivity contribution in [1.29, 1.82) is 0 Å². The number of nitrogens with one attached hydrogen (secondary N) is 1. The number of aromatic amines is 1. The average molecular weight is 339 g/mol. The van der Waals surface area contributed by atoms with Crippen LogP contribution in [0.1, 0.15) is 0 Å². The van der Waals surface area contributed by atoms with E-state index >= 15 is 0 Å². The summed E-state index contributed by atoms with van der Waals surface area (Å²) in [5, 5.41) is 3.00. The zero-order chi connectivity index (χ0) is 17.7. The molecule has 5 rings (SSSR count). The van der Waals surface area contributed by atoms with Crippen molar-refractivity contribution in [2.45, 2.75) is 0 Å². The first-order valence-corrected chi connectivity index (χ1v) is 8.25. The van der Waals surface area contributed by atoms with Gasteiger partial charge in [0.1, 0.15) is 0 Å². The van der Waals surface area contributed by atoms with Gasteiger partial charge in [-0.05, 0) is 29.0 Å². The summed E-state index contributed by atoms with van der Waals surface area (Å²) < 4.78 is 1.89. The second-order valence-corrected chi connectivity index (χ2v) is 6.15. The first-order chi connectivity index (χ1) is 12.7. The summed E-state index contributed by atoms with van der Waals surface area (Å²) in [6.07, 6.45) is 0. The van der Waals surface area contributed by atoms with Crippen LogP contribution in [0.25, 0.3) is 38.8 Å². The zero-order valence-electron chi connectivity index (χ0n) is 13.6. The second-order valence-electron chi connectivity index (χ2n) is 6.15. The van der Waals surface area contributed by atoms with Crippen LogP contribution < -0.4 is 11.2 Å². The second kappa shape index (κ2) is 5.39. The van der Waals surface area contributed by atoms with Crippen LogP contribution in [0, 0.1) is 0 Å². The molecule has 0 unspecified atom stereocenters. The zero-order valence-corrected chi connectivity index (χ0v) is 13.6. The molecule has 124 valence electrons. The molecule has 0 spiro atoms. The summed E-state index contributed by atoms with van der Waals surface area (Å²) in [5.41, 5.74) is 1.07. The minimum atomic E-state index is -0.647. The van der Waals surface area contributed by atoms with Crippen LogP contribution in [0.3, 0.4) is 0 Å². The number of benzene rings is 3. The number of rotatable bonds is 1. The highest BCUT2D eigenvalue weighted by Crippen LogP contribution is 2.31. The van der Waals surface area contributed by atoms with Crippen molar-refractivity contribution in [1.82, 2.24) is 14.5 Å². The lowest BCUT2D eigenvalue weighted by atomic mass is 10.1. The third-order valence-electron chi connectivity index (χ3n) is 4.61. The van der Waals surface area contributed by atoms with Crippen molar-refractivity contribution in [2.75, 3.05) is 0 Å². The van der Waals surface area contributed by atoms with Crippen molar-refractivity contribution in [3.05, 3.63) is 93.6 Å². The summed E-state index contributed by atoms with van der Waals surface area (Å²) >= 11 is 0. The lowest BCUT2D eigenvalue weighted by molar-refractivity contribution is 0.963. The molecule has 0 radical (unpaired) electrons. The molecule has 0 fully saturated rings. The molecule has 26 heavy (non-hydrogen) atoms. The lowest BCUT2D eigenvalue weighted by Crippen LogP contribution is -2.27. The molecule has 1 N–H and O–H groups in total. The number of hydrogen-bond acceptors (Lipinski definition) is 3. The largest absolute Gasteiger partial charge is 0.349 e. The fraction of sp³-hybridized carbons (Fsp3) is 0. The Morgan fingerprint density at radius 3 is 2.42 bits per heavy atom. The molecule has 5 heteroatoms. The topological polar surface area (TPSA) is 67.8 Å². The van der Waals surface area contributed by atoms with Crippen LogP contribution >= 0.6 is 0 Å². The SMILES string of the molecule is O=c1nc2n(-c3cccc4ccccc34)c3ccccc3cc-2c(=O)[nH]1. The van der Waals surface area contributed by atoms with Crippen molar-refractivity contribution in [3.8, 4) is 17.1 Å². The molecule has 2 heterocycles. The highest BCUT2D eigenvalue weighted by Gasteiger charge is 2.18. The van der Waals surface area contributed by atoms with E-state index in [1.165, 1.54) is 0 Å². The molecule has 0 aromatic heterocycles. The van der Waals surface area contributed by atoms with Crippen molar-refractivity contribution >= 4 is 21.7 Å². The van der Waals surface area contributed by atoms with Gasteiger partial charge < -0.3 is 0 Å². The molecule has 3 aromatic carbocycles. The number of nitrogens with zero attached hydrogens (tertiary/aromatic N) is 2. The van der Waals surface area contributed by atoms with Crippen molar-refractivity contribution < 1.29 is 0 Å². The van der Waals surface area contributed by atoms with E-state index in [-0.39, 0.29) is 0 Å². The Morgan fingerprint density at radius 1 is 0.808 bits per heavy atom. The predicted octanol–water partition coefficient (Wildman–Crippen LogP) is 3.33. The summed E-state index contributed by atoms with van der Waals surface area (Å²) in [6, 6.07) is 23.5. The van der Waals surface area contributed by atoms with E-state index in [2.05, 4.69) is 9.97 Å². The Morgan fingerprint density at radius 2 is 1.54 bits per heavy atom. The number of para-hydroxylation sites is 1. The van der Waals surface area contributed by atoms with Gasteiger partial charge in [-0.15, -0.1) is 0 Å². The third-order valence-corrected chi connectivity index (χ3v) is 4.61. The maximum Gasteiger partial charge on any atom is 0.349 e. The molecule has 0 saturated carbocycles. The van der Waals surface area contributed by atoms with Crippen LogP contribution in [0.4, 0.5) is 0 Å². The first kappa shape index (κ1) is 14.6. The van der Waals surface area contributed by atoms with E-state index in [9.17, 15) is 9.59 Å². The number of aromatic nitrogens is 3. The van der Waals surface area contributed by atoms with Gasteiger partial charge in [0.2, 0.25) is 0 Å². The molecule has 2 aliphatic heterocycles. The van der Waals surface area contributed by atoms with E-state index in [0.29, 0.717) is 11.4 Å². The van der Waals surface area contributed by atoms with Crippen LogP contribution in [0.2, 0.25) is 0 Å². The number of H-pyrrole nitrogens is 1. The molecule has 0 bridgehead atoms. The van der Waals surface area contributed by atoms with Crippen LogP contribution in [0.15, 0.2) is 82.4 Å². The van der Waals surface area contributed by atoms with Gasteiger partial charge >= 0.3 is 5.69 Å². The van der Waals surface area contributed by atoms with E-state index in [0.717, 1.165) is 27.4 Å². The van der Waals surface area contributed by atoms with E-state index in [4.69, 9.17) is 0 Å². The Kier molecular flexibility index (Phi) is 3.03. The molecular formula is C21H13N3O2. The molecule has 0 amide bonds. The Balaban J connectivity index is 2.06. The summed E-state index contributed by atoms with van der Waals surface area (Å²) in [7, 11) is 0. The van der Waals surface area contributed by atoms with E-state index in [1.54, 1.807) is 6.07 Å². The first-order valence-electron chi connectivity index (χ1n) is 8.25. The molecule has 3 aromatic rings. The van der Waals surface area contributed by atoms with Gasteiger partial charge in [-0.3, -0.25) is 14.3 Å². The van der Waals surface area contributed by atoms with Crippen LogP contribution in [-0.4, -0.2) is 14.5 Å². The lowest BCUT2D eigenvalue weighted by Gasteiger charge is -2.19. The Bertz CT molecular complexity index is 1380. The van der Waals surface area contributed by atoms with Crippen molar-refractivity contribution in [3.63, 3.8) is 0 Å². The maximum atomic E-state index is 12.4. The normalized spacial score (nSPS) is 11.4.